The van der Waals surface area contributed by atoms with Gasteiger partial charge >= 0.3 is 5.69 Å². The van der Waals surface area contributed by atoms with Gasteiger partial charge in [0.1, 0.15) is 12.3 Å². The van der Waals surface area contributed by atoms with Crippen molar-refractivity contribution in [3.05, 3.63) is 49.7 Å². The highest BCUT2D eigenvalue weighted by atomic mass is 79.9. The Morgan fingerprint density at radius 2 is 2.15 bits per heavy atom. The summed E-state index contributed by atoms with van der Waals surface area (Å²) in [7, 11) is 0. The van der Waals surface area contributed by atoms with Crippen molar-refractivity contribution in [2.24, 2.45) is 0 Å². The number of allylic oxidation sites excluding steroid dienone is 2. The molecule has 3 atom stereocenters. The van der Waals surface area contributed by atoms with E-state index in [0.717, 1.165) is 4.57 Å². The third-order valence-corrected chi connectivity index (χ3v) is 3.14. The maximum absolute atomic E-state index is 11.7. The molecule has 0 radical (unpaired) electrons. The van der Waals surface area contributed by atoms with Gasteiger partial charge in [-0.15, -0.1) is 0 Å². The molecule has 8 heteroatoms. The van der Waals surface area contributed by atoms with Gasteiger partial charge in [0.05, 0.1) is 5.56 Å². The summed E-state index contributed by atoms with van der Waals surface area (Å²) in [6, 6.07) is 0. The second-order valence-electron chi connectivity index (χ2n) is 4.21. The SMILES string of the molecule is O=c1[nH]c(=O)n([C@@H]2C[C@H](O)[C@H](O)O2)cc1/C=C/C=C/Br. The molecule has 0 amide bonds. The van der Waals surface area contributed by atoms with E-state index in [-0.39, 0.29) is 12.0 Å². The second kappa shape index (κ2) is 6.31. The molecule has 0 spiro atoms. The summed E-state index contributed by atoms with van der Waals surface area (Å²) in [6.07, 6.45) is 2.98. The molecule has 108 valence electrons. The van der Waals surface area contributed by atoms with Gasteiger partial charge in [0, 0.05) is 12.6 Å². The average molecular weight is 345 g/mol. The first-order chi connectivity index (χ1) is 9.52. The first-order valence-corrected chi connectivity index (χ1v) is 6.75. The van der Waals surface area contributed by atoms with Crippen LogP contribution in [0.4, 0.5) is 0 Å². The summed E-state index contributed by atoms with van der Waals surface area (Å²) in [5, 5.41) is 18.8. The van der Waals surface area contributed by atoms with E-state index in [4.69, 9.17) is 4.74 Å². The third-order valence-electron chi connectivity index (χ3n) is 2.83. The Hall–Kier alpha value is -1.48. The summed E-state index contributed by atoms with van der Waals surface area (Å²) in [5.74, 6) is 0. The van der Waals surface area contributed by atoms with E-state index in [9.17, 15) is 19.8 Å². The number of hydrogen-bond donors (Lipinski definition) is 3. The maximum Gasteiger partial charge on any atom is 0.330 e. The normalized spacial score (nSPS) is 26.9. The Morgan fingerprint density at radius 3 is 2.75 bits per heavy atom. The Balaban J connectivity index is 2.37. The minimum atomic E-state index is -1.34. The molecule has 20 heavy (non-hydrogen) atoms. The molecule has 2 heterocycles. The van der Waals surface area contributed by atoms with E-state index < -0.39 is 29.9 Å². The highest BCUT2D eigenvalue weighted by Gasteiger charge is 2.34. The number of aliphatic hydroxyl groups is 2. The number of ether oxygens (including phenoxy) is 1. The lowest BCUT2D eigenvalue weighted by Gasteiger charge is -2.13. The fraction of sp³-hybridized carbons (Fsp3) is 0.333. The topological polar surface area (TPSA) is 105 Å². The molecule has 1 aliphatic heterocycles. The van der Waals surface area contributed by atoms with E-state index in [1.165, 1.54) is 12.3 Å². The largest absolute Gasteiger partial charge is 0.388 e. The molecular weight excluding hydrogens is 332 g/mol. The zero-order valence-electron chi connectivity index (χ0n) is 10.3. The van der Waals surface area contributed by atoms with Gasteiger partial charge < -0.3 is 14.9 Å². The Bertz CT molecular complexity index is 638. The summed E-state index contributed by atoms with van der Waals surface area (Å²) >= 11 is 3.09. The molecule has 1 fully saturated rings. The number of aliphatic hydroxyl groups excluding tert-OH is 2. The van der Waals surface area contributed by atoms with E-state index >= 15 is 0 Å². The first-order valence-electron chi connectivity index (χ1n) is 5.83. The lowest BCUT2D eigenvalue weighted by molar-refractivity contribution is -0.142. The summed E-state index contributed by atoms with van der Waals surface area (Å²) < 4.78 is 6.20. The Morgan fingerprint density at radius 1 is 1.40 bits per heavy atom. The molecule has 1 aliphatic rings. The van der Waals surface area contributed by atoms with Gasteiger partial charge in [-0.3, -0.25) is 14.3 Å². The molecule has 0 aromatic carbocycles. The van der Waals surface area contributed by atoms with Crippen LogP contribution in [0.5, 0.6) is 0 Å². The molecule has 1 saturated heterocycles. The van der Waals surface area contributed by atoms with Crippen LogP contribution in [-0.2, 0) is 4.74 Å². The molecule has 3 N–H and O–H groups in total. The van der Waals surface area contributed by atoms with Crippen molar-refractivity contribution in [1.29, 1.82) is 0 Å². The molecular formula is C12H13BrN2O5. The van der Waals surface area contributed by atoms with Crippen LogP contribution in [-0.4, -0.2) is 32.2 Å². The fourth-order valence-electron chi connectivity index (χ4n) is 1.84. The lowest BCUT2D eigenvalue weighted by Crippen LogP contribution is -2.33. The van der Waals surface area contributed by atoms with Gasteiger partial charge in [0.2, 0.25) is 0 Å². The quantitative estimate of drug-likeness (QED) is 0.672. The molecule has 1 aromatic rings. The standard InChI is InChI=1S/C12H13BrN2O5/c13-4-2-1-3-7-6-15(12(19)14-10(7)17)9-5-8(16)11(18)20-9/h1-4,6,8-9,11,16,18H,5H2,(H,14,17,19)/b3-1+,4-2+/t8-,9-,11+/m0/s1. The van der Waals surface area contributed by atoms with Gasteiger partial charge in [0.15, 0.2) is 6.29 Å². The van der Waals surface area contributed by atoms with Gasteiger partial charge in [0.25, 0.3) is 5.56 Å². The van der Waals surface area contributed by atoms with Crippen molar-refractivity contribution in [3.8, 4) is 0 Å². The monoisotopic (exact) mass is 344 g/mol. The van der Waals surface area contributed by atoms with Crippen LogP contribution >= 0.6 is 15.9 Å². The molecule has 0 saturated carbocycles. The zero-order chi connectivity index (χ0) is 14.7. The van der Waals surface area contributed by atoms with Gasteiger partial charge in [-0.1, -0.05) is 28.1 Å². The average Bonchev–Trinajstić information content (AvgIpc) is 2.72. The van der Waals surface area contributed by atoms with E-state index in [0.29, 0.717) is 0 Å². The number of aromatic amines is 1. The molecule has 0 unspecified atom stereocenters. The van der Waals surface area contributed by atoms with Crippen LogP contribution in [0.15, 0.2) is 32.9 Å². The fourth-order valence-corrected chi connectivity index (χ4v) is 2.02. The van der Waals surface area contributed by atoms with Gasteiger partial charge in [-0.25, -0.2) is 4.79 Å². The number of halogens is 1. The number of H-pyrrole nitrogens is 1. The number of nitrogens with one attached hydrogen (secondary N) is 1. The highest BCUT2D eigenvalue weighted by molar-refractivity contribution is 9.11. The number of rotatable bonds is 3. The lowest BCUT2D eigenvalue weighted by atomic mass is 10.2. The van der Waals surface area contributed by atoms with Crippen LogP contribution in [0.1, 0.15) is 18.2 Å². The van der Waals surface area contributed by atoms with E-state index in [1.54, 1.807) is 17.1 Å². The zero-order valence-corrected chi connectivity index (χ0v) is 11.9. The Kier molecular flexibility index (Phi) is 4.71. The number of aromatic nitrogens is 2. The smallest absolute Gasteiger partial charge is 0.330 e. The predicted molar refractivity (Wildman–Crippen MR) is 75.2 cm³/mol. The predicted octanol–water partition coefficient (Wildman–Crippen LogP) is 0.0566. The molecule has 0 bridgehead atoms. The van der Waals surface area contributed by atoms with Crippen molar-refractivity contribution >= 4 is 22.0 Å². The van der Waals surface area contributed by atoms with Crippen molar-refractivity contribution in [3.63, 3.8) is 0 Å². The van der Waals surface area contributed by atoms with Crippen LogP contribution in [0.3, 0.4) is 0 Å². The van der Waals surface area contributed by atoms with Crippen molar-refractivity contribution < 1.29 is 14.9 Å². The molecule has 2 rings (SSSR count). The van der Waals surface area contributed by atoms with Crippen LogP contribution < -0.4 is 11.2 Å². The van der Waals surface area contributed by atoms with Crippen molar-refractivity contribution in [1.82, 2.24) is 9.55 Å². The maximum atomic E-state index is 11.7. The van der Waals surface area contributed by atoms with Crippen LogP contribution in [0.25, 0.3) is 6.08 Å². The molecule has 7 nitrogen and oxygen atoms in total. The third kappa shape index (κ3) is 3.15. The van der Waals surface area contributed by atoms with E-state index in [1.807, 2.05) is 0 Å². The van der Waals surface area contributed by atoms with Crippen LogP contribution in [0, 0.1) is 0 Å². The summed E-state index contributed by atoms with van der Waals surface area (Å²) in [5.41, 5.74) is -0.922. The van der Waals surface area contributed by atoms with Crippen LogP contribution in [0.2, 0.25) is 0 Å². The van der Waals surface area contributed by atoms with E-state index in [2.05, 4.69) is 20.9 Å². The van der Waals surface area contributed by atoms with Gasteiger partial charge in [-0.05, 0) is 11.1 Å². The first kappa shape index (κ1) is 14.9. The van der Waals surface area contributed by atoms with Crippen molar-refractivity contribution in [2.75, 3.05) is 0 Å². The number of hydrogen-bond acceptors (Lipinski definition) is 5. The molecule has 0 aliphatic carbocycles. The van der Waals surface area contributed by atoms with Crippen molar-refractivity contribution in [2.45, 2.75) is 25.0 Å². The second-order valence-corrected chi connectivity index (χ2v) is 4.74. The minimum Gasteiger partial charge on any atom is -0.388 e. The van der Waals surface area contributed by atoms with Gasteiger partial charge in [-0.2, -0.15) is 0 Å². The summed E-state index contributed by atoms with van der Waals surface area (Å²) in [6.45, 7) is 0. The highest BCUT2D eigenvalue weighted by Crippen LogP contribution is 2.25. The molecule has 1 aromatic heterocycles. The summed E-state index contributed by atoms with van der Waals surface area (Å²) in [4.78, 5) is 27.1. The Labute approximate surface area is 122 Å². The number of nitrogens with zero attached hydrogens (tertiary/aromatic N) is 1. The minimum absolute atomic E-state index is 0.0670.